The predicted octanol–water partition coefficient (Wildman–Crippen LogP) is 5.66. The molecule has 0 aliphatic heterocycles. The molecule has 0 spiro atoms. The van der Waals surface area contributed by atoms with Crippen LogP contribution >= 0.6 is 23.4 Å². The Morgan fingerprint density at radius 1 is 1.16 bits per heavy atom. The molecule has 1 N–H and O–H groups in total. The number of hydrogen-bond acceptors (Lipinski definition) is 5. The van der Waals surface area contributed by atoms with Crippen molar-refractivity contribution < 1.29 is 18.3 Å². The first kappa shape index (κ1) is 23.0. The minimum Gasteiger partial charge on any atom is -0.480 e. The second kappa shape index (κ2) is 10.1. The topological polar surface area (TPSA) is 69.0 Å². The van der Waals surface area contributed by atoms with E-state index in [0.29, 0.717) is 16.7 Å². The minimum absolute atomic E-state index is 0.0156. The largest absolute Gasteiger partial charge is 0.480 e. The monoisotopic (exact) mass is 466 g/mol. The van der Waals surface area contributed by atoms with Crippen LogP contribution in [0.15, 0.2) is 47.6 Å². The third-order valence-corrected chi connectivity index (χ3v) is 5.48. The first-order chi connectivity index (χ1) is 14.8. The molecule has 0 aliphatic rings. The number of carbonyl (C=O) groups is 1. The molecule has 0 aliphatic carbocycles. The molecule has 1 heterocycles. The quantitative estimate of drug-likeness (QED) is 0.434. The van der Waals surface area contributed by atoms with Gasteiger partial charge in [0.2, 0.25) is 5.91 Å². The Balaban J connectivity index is 1.69. The molecule has 2 aromatic carbocycles. The Morgan fingerprint density at radius 3 is 2.58 bits per heavy atom. The number of ether oxygens (including phenoxy) is 1. The molecule has 1 aromatic heterocycles. The van der Waals surface area contributed by atoms with Crippen molar-refractivity contribution in [2.24, 2.45) is 0 Å². The lowest BCUT2D eigenvalue weighted by atomic mass is 10.3. The maximum atomic E-state index is 13.9. The van der Waals surface area contributed by atoms with Gasteiger partial charge in [-0.05, 0) is 51.1 Å². The molecule has 1 unspecified atom stereocenters. The lowest BCUT2D eigenvalue weighted by molar-refractivity contribution is -0.113. The van der Waals surface area contributed by atoms with E-state index in [4.69, 9.17) is 16.3 Å². The predicted molar refractivity (Wildman–Crippen MR) is 117 cm³/mol. The number of carbonyl (C=O) groups excluding carboxylic acids is 1. The van der Waals surface area contributed by atoms with Crippen LogP contribution in [-0.4, -0.2) is 26.4 Å². The van der Waals surface area contributed by atoms with Crippen LogP contribution < -0.4 is 10.1 Å². The molecule has 1 amide bonds. The van der Waals surface area contributed by atoms with E-state index in [1.807, 2.05) is 18.4 Å². The highest BCUT2D eigenvalue weighted by Crippen LogP contribution is 2.29. The summed E-state index contributed by atoms with van der Waals surface area (Å²) in [6.45, 7) is 5.66. The van der Waals surface area contributed by atoms with Crippen LogP contribution in [-0.2, 0) is 4.79 Å². The van der Waals surface area contributed by atoms with Crippen molar-refractivity contribution in [2.75, 3.05) is 11.1 Å². The fourth-order valence-corrected chi connectivity index (χ4v) is 3.89. The van der Waals surface area contributed by atoms with Crippen molar-refractivity contribution in [3.05, 3.63) is 64.9 Å². The molecule has 6 nitrogen and oxygen atoms in total. The molecule has 0 saturated carbocycles. The number of thioether (sulfide) groups is 1. The van der Waals surface area contributed by atoms with E-state index in [1.165, 1.54) is 36.0 Å². The van der Waals surface area contributed by atoms with Gasteiger partial charge in [-0.25, -0.2) is 8.78 Å². The van der Waals surface area contributed by atoms with Crippen LogP contribution in [0.25, 0.3) is 0 Å². The summed E-state index contributed by atoms with van der Waals surface area (Å²) in [5.41, 5.74) is 0.398. The SMILES string of the molecule is CC(Oc1ccccc1F)c1nnc(SCC(=O)Nc2ccc(F)c(Cl)c2)n1C(C)C. The van der Waals surface area contributed by atoms with E-state index in [-0.39, 0.29) is 28.5 Å². The highest BCUT2D eigenvalue weighted by molar-refractivity contribution is 7.99. The van der Waals surface area contributed by atoms with Crippen molar-refractivity contribution in [3.8, 4) is 5.75 Å². The van der Waals surface area contributed by atoms with Gasteiger partial charge in [-0.15, -0.1) is 10.2 Å². The van der Waals surface area contributed by atoms with Crippen LogP contribution in [0, 0.1) is 11.6 Å². The fourth-order valence-electron chi connectivity index (χ4n) is 2.83. The van der Waals surface area contributed by atoms with E-state index in [9.17, 15) is 13.6 Å². The van der Waals surface area contributed by atoms with Gasteiger partial charge in [-0.2, -0.15) is 0 Å². The number of anilines is 1. The molecule has 3 aromatic rings. The number of benzene rings is 2. The minimum atomic E-state index is -0.559. The number of nitrogens with zero attached hydrogens (tertiary/aromatic N) is 3. The van der Waals surface area contributed by atoms with Gasteiger partial charge in [-0.1, -0.05) is 35.5 Å². The fraction of sp³-hybridized carbons (Fsp3) is 0.286. The number of para-hydroxylation sites is 1. The Hall–Kier alpha value is -2.65. The van der Waals surface area contributed by atoms with Gasteiger partial charge in [0.15, 0.2) is 28.7 Å². The summed E-state index contributed by atoms with van der Waals surface area (Å²) in [6, 6.07) is 10.1. The highest BCUT2D eigenvalue weighted by atomic mass is 35.5. The average Bonchev–Trinajstić information content (AvgIpc) is 3.15. The number of rotatable bonds is 8. The van der Waals surface area contributed by atoms with E-state index in [1.54, 1.807) is 25.1 Å². The molecule has 0 bridgehead atoms. The molecular weight excluding hydrogens is 446 g/mol. The van der Waals surface area contributed by atoms with Crippen LogP contribution in [0.3, 0.4) is 0 Å². The lowest BCUT2D eigenvalue weighted by Gasteiger charge is -2.19. The van der Waals surface area contributed by atoms with Gasteiger partial charge in [0.25, 0.3) is 0 Å². The van der Waals surface area contributed by atoms with Crippen molar-refractivity contribution >= 4 is 35.0 Å². The van der Waals surface area contributed by atoms with Crippen molar-refractivity contribution in [1.29, 1.82) is 0 Å². The zero-order chi connectivity index (χ0) is 22.5. The maximum absolute atomic E-state index is 13.9. The van der Waals surface area contributed by atoms with Gasteiger partial charge in [0.05, 0.1) is 10.8 Å². The molecule has 10 heteroatoms. The summed E-state index contributed by atoms with van der Waals surface area (Å²) in [4.78, 5) is 12.3. The number of halogens is 3. The number of hydrogen-bond donors (Lipinski definition) is 1. The zero-order valence-corrected chi connectivity index (χ0v) is 18.7. The summed E-state index contributed by atoms with van der Waals surface area (Å²) < 4.78 is 34.8. The van der Waals surface area contributed by atoms with Crippen LogP contribution in [0.2, 0.25) is 5.02 Å². The van der Waals surface area contributed by atoms with E-state index < -0.39 is 17.7 Å². The summed E-state index contributed by atoms with van der Waals surface area (Å²) in [5, 5.41) is 11.5. The molecule has 0 saturated heterocycles. The molecule has 31 heavy (non-hydrogen) atoms. The molecule has 0 fully saturated rings. The van der Waals surface area contributed by atoms with Gasteiger partial charge >= 0.3 is 0 Å². The Bertz CT molecular complexity index is 1080. The van der Waals surface area contributed by atoms with E-state index in [0.717, 1.165) is 0 Å². The Labute approximate surface area is 188 Å². The van der Waals surface area contributed by atoms with E-state index in [2.05, 4.69) is 15.5 Å². The second-order valence-corrected chi connectivity index (χ2v) is 8.31. The normalized spacial score (nSPS) is 12.1. The molecule has 3 rings (SSSR count). The number of nitrogens with one attached hydrogen (secondary N) is 1. The summed E-state index contributed by atoms with van der Waals surface area (Å²) in [6.07, 6.45) is -0.559. The van der Waals surface area contributed by atoms with Crippen molar-refractivity contribution in [2.45, 2.75) is 38.1 Å². The Kier molecular flexibility index (Phi) is 7.50. The summed E-state index contributed by atoms with van der Waals surface area (Å²) in [5.74, 6) is -0.618. The van der Waals surface area contributed by atoms with Crippen LogP contribution in [0.4, 0.5) is 14.5 Å². The summed E-state index contributed by atoms with van der Waals surface area (Å²) >= 11 is 6.94. The maximum Gasteiger partial charge on any atom is 0.234 e. The number of aromatic nitrogens is 3. The first-order valence-electron chi connectivity index (χ1n) is 9.50. The highest BCUT2D eigenvalue weighted by Gasteiger charge is 2.23. The Morgan fingerprint density at radius 2 is 1.90 bits per heavy atom. The molecule has 1 atom stereocenters. The second-order valence-electron chi connectivity index (χ2n) is 6.96. The van der Waals surface area contributed by atoms with Crippen molar-refractivity contribution in [3.63, 3.8) is 0 Å². The molecular formula is C21H21ClF2N4O2S. The van der Waals surface area contributed by atoms with Crippen molar-refractivity contribution in [1.82, 2.24) is 14.8 Å². The third-order valence-electron chi connectivity index (χ3n) is 4.25. The van der Waals surface area contributed by atoms with Crippen LogP contribution in [0.5, 0.6) is 5.75 Å². The van der Waals surface area contributed by atoms with Gasteiger partial charge in [0.1, 0.15) is 5.82 Å². The third kappa shape index (κ3) is 5.74. The van der Waals surface area contributed by atoms with Crippen LogP contribution in [0.1, 0.15) is 38.7 Å². The first-order valence-corrected chi connectivity index (χ1v) is 10.9. The average molecular weight is 467 g/mol. The number of amides is 1. The van der Waals surface area contributed by atoms with Gasteiger partial charge < -0.3 is 14.6 Å². The standard InChI is InChI=1S/C21H21ClF2N4O2S/c1-12(2)28-20(13(3)30-18-7-5-4-6-17(18)24)26-27-21(28)31-11-19(29)25-14-8-9-16(23)15(22)10-14/h4-10,12-13H,11H2,1-3H3,(H,25,29). The zero-order valence-electron chi connectivity index (χ0n) is 17.1. The van der Waals surface area contributed by atoms with Gasteiger partial charge in [-0.3, -0.25) is 4.79 Å². The lowest BCUT2D eigenvalue weighted by Crippen LogP contribution is -2.16. The molecule has 0 radical (unpaired) electrons. The molecule has 164 valence electrons. The van der Waals surface area contributed by atoms with Gasteiger partial charge in [0, 0.05) is 11.7 Å². The van der Waals surface area contributed by atoms with E-state index >= 15 is 0 Å². The summed E-state index contributed by atoms with van der Waals surface area (Å²) in [7, 11) is 0. The smallest absolute Gasteiger partial charge is 0.234 e.